The first-order chi connectivity index (χ1) is 10.4. The van der Waals surface area contributed by atoms with Crippen LogP contribution in [0.25, 0.3) is 10.9 Å². The van der Waals surface area contributed by atoms with E-state index < -0.39 is 0 Å². The van der Waals surface area contributed by atoms with Crippen molar-refractivity contribution in [3.8, 4) is 0 Å². The highest BCUT2D eigenvalue weighted by Crippen LogP contribution is 2.36. The number of hydrogen-bond acceptors (Lipinski definition) is 3. The van der Waals surface area contributed by atoms with Crippen LogP contribution in [-0.2, 0) is 0 Å². The minimum absolute atomic E-state index is 0.748. The predicted molar refractivity (Wildman–Crippen MR) is 87.7 cm³/mol. The number of aromatic nitrogens is 1. The lowest BCUT2D eigenvalue weighted by Crippen LogP contribution is -2.39. The number of nitrogens with zero attached hydrogens (tertiary/aromatic N) is 2. The van der Waals surface area contributed by atoms with Gasteiger partial charge in [-0.05, 0) is 56.8 Å². The van der Waals surface area contributed by atoms with E-state index in [4.69, 9.17) is 0 Å². The molecule has 2 heterocycles. The summed E-state index contributed by atoms with van der Waals surface area (Å²) >= 11 is 0. The lowest BCUT2D eigenvalue weighted by atomic mass is 9.98. The van der Waals surface area contributed by atoms with Gasteiger partial charge in [0.1, 0.15) is 0 Å². The quantitative estimate of drug-likeness (QED) is 0.933. The summed E-state index contributed by atoms with van der Waals surface area (Å²) in [7, 11) is 0. The van der Waals surface area contributed by atoms with Gasteiger partial charge >= 0.3 is 0 Å². The van der Waals surface area contributed by atoms with Gasteiger partial charge in [-0.1, -0.05) is 18.2 Å². The van der Waals surface area contributed by atoms with Crippen molar-refractivity contribution in [1.29, 1.82) is 0 Å². The molecule has 1 saturated carbocycles. The van der Waals surface area contributed by atoms with Crippen LogP contribution in [0.15, 0.2) is 36.5 Å². The molecule has 1 unspecified atom stereocenters. The summed E-state index contributed by atoms with van der Waals surface area (Å²) in [5, 5.41) is 4.85. The summed E-state index contributed by atoms with van der Waals surface area (Å²) in [4.78, 5) is 7.17. The first-order valence-electron chi connectivity index (χ1n) is 8.23. The minimum atomic E-state index is 0.748. The number of pyridine rings is 1. The van der Waals surface area contributed by atoms with Crippen LogP contribution in [0.1, 0.15) is 25.7 Å². The van der Waals surface area contributed by atoms with Gasteiger partial charge in [0, 0.05) is 29.9 Å². The van der Waals surface area contributed by atoms with Crippen molar-refractivity contribution in [1.82, 2.24) is 10.3 Å². The molecule has 1 aliphatic carbocycles. The molecule has 2 aromatic rings. The molecular formula is C18H23N3. The second-order valence-electron chi connectivity index (χ2n) is 6.44. The summed E-state index contributed by atoms with van der Waals surface area (Å²) in [6.45, 7) is 3.55. The maximum absolute atomic E-state index is 4.51. The Morgan fingerprint density at radius 3 is 2.86 bits per heavy atom. The van der Waals surface area contributed by atoms with Crippen LogP contribution < -0.4 is 10.2 Å². The van der Waals surface area contributed by atoms with Gasteiger partial charge in [0.15, 0.2) is 0 Å². The number of rotatable bonds is 4. The molecule has 0 bridgehead atoms. The largest absolute Gasteiger partial charge is 0.368 e. The Balaban J connectivity index is 1.65. The second-order valence-corrected chi connectivity index (χ2v) is 6.44. The number of benzene rings is 1. The van der Waals surface area contributed by atoms with Crippen LogP contribution in [0, 0.1) is 5.92 Å². The molecule has 2 aliphatic rings. The molecule has 0 radical (unpaired) electrons. The molecular weight excluding hydrogens is 258 g/mol. The normalized spacial score (nSPS) is 22.4. The van der Waals surface area contributed by atoms with Gasteiger partial charge in [-0.2, -0.15) is 0 Å². The molecule has 1 aromatic heterocycles. The number of fused-ring (bicyclic) bond motifs is 1. The van der Waals surface area contributed by atoms with Crippen molar-refractivity contribution in [3.63, 3.8) is 0 Å². The first-order valence-corrected chi connectivity index (χ1v) is 8.23. The fraction of sp³-hybridized carbons (Fsp3) is 0.500. The van der Waals surface area contributed by atoms with Crippen LogP contribution in [0.5, 0.6) is 0 Å². The van der Waals surface area contributed by atoms with Crippen LogP contribution in [0.3, 0.4) is 0 Å². The number of hydrogen-bond donors (Lipinski definition) is 1. The first kappa shape index (κ1) is 13.1. The average molecular weight is 281 g/mol. The fourth-order valence-electron chi connectivity index (χ4n) is 3.52. The van der Waals surface area contributed by atoms with Crippen molar-refractivity contribution in [3.05, 3.63) is 36.5 Å². The lowest BCUT2D eigenvalue weighted by Gasteiger charge is -2.32. The zero-order chi connectivity index (χ0) is 14.1. The molecule has 1 aromatic carbocycles. The van der Waals surface area contributed by atoms with Crippen LogP contribution >= 0.6 is 0 Å². The molecule has 3 heteroatoms. The zero-order valence-electron chi connectivity index (χ0n) is 12.5. The van der Waals surface area contributed by atoms with Crippen molar-refractivity contribution in [2.24, 2.45) is 5.92 Å². The Labute approximate surface area is 126 Å². The van der Waals surface area contributed by atoms with E-state index in [1.165, 1.54) is 56.4 Å². The summed E-state index contributed by atoms with van der Waals surface area (Å²) < 4.78 is 0. The Morgan fingerprint density at radius 2 is 2.05 bits per heavy atom. The third-order valence-electron chi connectivity index (χ3n) is 4.78. The number of piperidine rings is 1. The van der Waals surface area contributed by atoms with Crippen LogP contribution in [0.4, 0.5) is 5.69 Å². The van der Waals surface area contributed by atoms with E-state index in [-0.39, 0.29) is 0 Å². The molecule has 1 atom stereocenters. The monoisotopic (exact) mass is 281 g/mol. The Hall–Kier alpha value is -1.61. The summed E-state index contributed by atoms with van der Waals surface area (Å²) in [5.74, 6) is 0.784. The molecule has 1 saturated heterocycles. The molecule has 21 heavy (non-hydrogen) atoms. The molecule has 110 valence electrons. The van der Waals surface area contributed by atoms with Gasteiger partial charge in [0.2, 0.25) is 0 Å². The van der Waals surface area contributed by atoms with Gasteiger partial charge < -0.3 is 10.2 Å². The van der Waals surface area contributed by atoms with Crippen LogP contribution in [-0.4, -0.2) is 30.7 Å². The van der Waals surface area contributed by atoms with Crippen molar-refractivity contribution < 1.29 is 0 Å². The van der Waals surface area contributed by atoms with Crippen molar-refractivity contribution >= 4 is 16.6 Å². The molecule has 4 rings (SSSR count). The third-order valence-corrected chi connectivity index (χ3v) is 4.78. The SMILES string of the molecule is c1ccc2c(N(CC3CCCNC3)C3CC3)ccnc2c1. The highest BCUT2D eigenvalue weighted by Gasteiger charge is 2.32. The number of para-hydroxylation sites is 1. The lowest BCUT2D eigenvalue weighted by molar-refractivity contribution is 0.376. The van der Waals surface area contributed by atoms with E-state index in [0.717, 1.165) is 17.5 Å². The number of anilines is 1. The number of nitrogens with one attached hydrogen (secondary N) is 1. The predicted octanol–water partition coefficient (Wildman–Crippen LogP) is 3.20. The van der Waals surface area contributed by atoms with E-state index in [2.05, 4.69) is 45.5 Å². The standard InChI is InChI=1S/C18H23N3/c1-2-6-17-16(5-1)18(9-11-20-17)21(15-7-8-15)13-14-4-3-10-19-12-14/h1-2,5-6,9,11,14-15,19H,3-4,7-8,10,12-13H2. The second kappa shape index (κ2) is 5.64. The Bertz CT molecular complexity index is 609. The van der Waals surface area contributed by atoms with E-state index in [1.807, 2.05) is 6.20 Å². The van der Waals surface area contributed by atoms with E-state index in [1.54, 1.807) is 0 Å². The maximum Gasteiger partial charge on any atom is 0.0722 e. The van der Waals surface area contributed by atoms with E-state index in [0.29, 0.717) is 0 Å². The molecule has 3 nitrogen and oxygen atoms in total. The van der Waals surface area contributed by atoms with Gasteiger partial charge in [-0.3, -0.25) is 4.98 Å². The van der Waals surface area contributed by atoms with E-state index in [9.17, 15) is 0 Å². The summed E-state index contributed by atoms with van der Waals surface area (Å²) in [6.07, 6.45) is 7.33. The van der Waals surface area contributed by atoms with Gasteiger partial charge in [0.05, 0.1) is 5.52 Å². The third kappa shape index (κ3) is 2.75. The highest BCUT2D eigenvalue weighted by atomic mass is 15.2. The van der Waals surface area contributed by atoms with Crippen molar-refractivity contribution in [2.45, 2.75) is 31.7 Å². The Morgan fingerprint density at radius 1 is 1.14 bits per heavy atom. The summed E-state index contributed by atoms with van der Waals surface area (Å²) in [6, 6.07) is 11.5. The van der Waals surface area contributed by atoms with Crippen molar-refractivity contribution in [2.75, 3.05) is 24.5 Å². The smallest absolute Gasteiger partial charge is 0.0722 e. The average Bonchev–Trinajstić information content (AvgIpc) is 3.38. The summed E-state index contributed by atoms with van der Waals surface area (Å²) in [5.41, 5.74) is 2.50. The van der Waals surface area contributed by atoms with Crippen LogP contribution in [0.2, 0.25) is 0 Å². The molecule has 1 N–H and O–H groups in total. The Kier molecular flexibility index (Phi) is 3.52. The maximum atomic E-state index is 4.51. The fourth-order valence-corrected chi connectivity index (χ4v) is 3.52. The van der Waals surface area contributed by atoms with Gasteiger partial charge in [0.25, 0.3) is 0 Å². The molecule has 1 aliphatic heterocycles. The molecule has 2 fully saturated rings. The zero-order valence-corrected chi connectivity index (χ0v) is 12.5. The highest BCUT2D eigenvalue weighted by molar-refractivity contribution is 5.91. The van der Waals surface area contributed by atoms with Gasteiger partial charge in [-0.25, -0.2) is 0 Å². The minimum Gasteiger partial charge on any atom is -0.368 e. The molecule has 0 spiro atoms. The van der Waals surface area contributed by atoms with E-state index >= 15 is 0 Å². The molecule has 0 amide bonds. The van der Waals surface area contributed by atoms with Gasteiger partial charge in [-0.15, -0.1) is 0 Å². The topological polar surface area (TPSA) is 28.2 Å².